The van der Waals surface area contributed by atoms with Crippen LogP contribution in [0.15, 0.2) is 23.0 Å². The van der Waals surface area contributed by atoms with E-state index in [-0.39, 0.29) is 30.9 Å². The first-order chi connectivity index (χ1) is 14.3. The monoisotopic (exact) mass is 435 g/mol. The molecule has 1 amide bonds. The molecule has 8 heteroatoms. The maximum absolute atomic E-state index is 13.0. The third kappa shape index (κ3) is 5.81. The number of hydrogen-bond acceptors (Lipinski definition) is 5. The van der Waals surface area contributed by atoms with Crippen LogP contribution in [0.3, 0.4) is 0 Å². The van der Waals surface area contributed by atoms with E-state index in [0.717, 1.165) is 19.3 Å². The summed E-state index contributed by atoms with van der Waals surface area (Å²) in [6, 6.07) is 4.54. The Morgan fingerprint density at radius 1 is 1.23 bits per heavy atom. The molecule has 0 spiro atoms. The predicted octanol–water partition coefficient (Wildman–Crippen LogP) is 4.01. The SMILES string of the molecule is CCCCCN(C(=O)CCC(=O)OCC)C(C)c1nc2cc(Cl)ccc2c(=O)n1C. The molecule has 0 aliphatic rings. The van der Waals surface area contributed by atoms with Gasteiger partial charge in [-0.3, -0.25) is 19.0 Å². The minimum atomic E-state index is -0.433. The Morgan fingerprint density at radius 2 is 1.97 bits per heavy atom. The standard InChI is InChI=1S/C22H30ClN3O4/c1-5-7-8-13-26(19(27)11-12-20(28)30-6-2)15(3)21-24-18-14-16(23)9-10-17(18)22(29)25(21)4/h9-10,14-15H,5-8,11-13H2,1-4H3. The molecule has 0 N–H and O–H groups in total. The van der Waals surface area contributed by atoms with E-state index in [1.165, 1.54) is 4.57 Å². The van der Waals surface area contributed by atoms with Crippen molar-refractivity contribution in [3.63, 3.8) is 0 Å². The number of esters is 1. The van der Waals surface area contributed by atoms with E-state index in [1.807, 2.05) is 6.92 Å². The van der Waals surface area contributed by atoms with Gasteiger partial charge in [0.1, 0.15) is 5.82 Å². The third-order valence-electron chi connectivity index (χ3n) is 5.09. The summed E-state index contributed by atoms with van der Waals surface area (Å²) in [5.74, 6) is -0.0688. The van der Waals surface area contributed by atoms with Crippen molar-refractivity contribution < 1.29 is 14.3 Å². The highest BCUT2D eigenvalue weighted by Crippen LogP contribution is 2.23. The van der Waals surface area contributed by atoms with Crippen LogP contribution in [-0.2, 0) is 21.4 Å². The molecule has 0 fully saturated rings. The molecular weight excluding hydrogens is 406 g/mol. The van der Waals surface area contributed by atoms with Gasteiger partial charge in [-0.2, -0.15) is 0 Å². The minimum Gasteiger partial charge on any atom is -0.466 e. The predicted molar refractivity (Wildman–Crippen MR) is 118 cm³/mol. The van der Waals surface area contributed by atoms with E-state index in [4.69, 9.17) is 16.3 Å². The lowest BCUT2D eigenvalue weighted by atomic mass is 10.1. The molecule has 0 radical (unpaired) electrons. The van der Waals surface area contributed by atoms with E-state index < -0.39 is 12.0 Å². The Morgan fingerprint density at radius 3 is 2.63 bits per heavy atom. The van der Waals surface area contributed by atoms with E-state index in [0.29, 0.717) is 28.3 Å². The van der Waals surface area contributed by atoms with E-state index in [1.54, 1.807) is 37.1 Å². The second-order valence-electron chi connectivity index (χ2n) is 7.27. The lowest BCUT2D eigenvalue weighted by Gasteiger charge is -2.30. The van der Waals surface area contributed by atoms with Crippen molar-refractivity contribution in [3.05, 3.63) is 39.4 Å². The Labute approximate surface area is 182 Å². The molecule has 30 heavy (non-hydrogen) atoms. The molecular formula is C22H30ClN3O4. The Bertz CT molecular complexity index is 957. The number of halogens is 1. The van der Waals surface area contributed by atoms with Gasteiger partial charge in [0.05, 0.1) is 30.0 Å². The normalized spacial score (nSPS) is 12.0. The van der Waals surface area contributed by atoms with Crippen molar-refractivity contribution in [2.24, 2.45) is 7.05 Å². The highest BCUT2D eigenvalue weighted by molar-refractivity contribution is 6.31. The number of nitrogens with zero attached hydrogens (tertiary/aromatic N) is 3. The van der Waals surface area contributed by atoms with Gasteiger partial charge in [0, 0.05) is 25.0 Å². The van der Waals surface area contributed by atoms with Crippen molar-refractivity contribution in [3.8, 4) is 0 Å². The number of hydrogen-bond donors (Lipinski definition) is 0. The number of ether oxygens (including phenoxy) is 1. The first-order valence-electron chi connectivity index (χ1n) is 10.4. The summed E-state index contributed by atoms with van der Waals surface area (Å²) in [5.41, 5.74) is 0.311. The summed E-state index contributed by atoms with van der Waals surface area (Å²) in [6.07, 6.45) is 2.92. The first-order valence-corrected chi connectivity index (χ1v) is 10.8. The number of unbranched alkanes of at least 4 members (excludes halogenated alkanes) is 2. The fourth-order valence-electron chi connectivity index (χ4n) is 3.43. The third-order valence-corrected chi connectivity index (χ3v) is 5.32. The molecule has 0 aliphatic heterocycles. The van der Waals surface area contributed by atoms with Gasteiger partial charge < -0.3 is 9.64 Å². The molecule has 1 atom stereocenters. The summed E-state index contributed by atoms with van der Waals surface area (Å²) >= 11 is 6.08. The Kier molecular flexibility index (Phi) is 8.84. The van der Waals surface area contributed by atoms with Gasteiger partial charge in [-0.25, -0.2) is 4.98 Å². The number of aromatic nitrogens is 2. The van der Waals surface area contributed by atoms with Crippen LogP contribution < -0.4 is 5.56 Å². The van der Waals surface area contributed by atoms with E-state index >= 15 is 0 Å². The summed E-state index contributed by atoms with van der Waals surface area (Å²) in [4.78, 5) is 43.8. The Hall–Kier alpha value is -2.41. The van der Waals surface area contributed by atoms with Crippen LogP contribution in [0.1, 0.15) is 64.7 Å². The molecule has 2 rings (SSSR count). The van der Waals surface area contributed by atoms with Crippen LogP contribution in [0.4, 0.5) is 0 Å². The van der Waals surface area contributed by atoms with Crippen LogP contribution in [0.5, 0.6) is 0 Å². The quantitative estimate of drug-likeness (QED) is 0.416. The van der Waals surface area contributed by atoms with E-state index in [9.17, 15) is 14.4 Å². The van der Waals surface area contributed by atoms with Crippen LogP contribution in [0, 0.1) is 0 Å². The number of amides is 1. The molecule has 0 saturated carbocycles. The van der Waals surface area contributed by atoms with E-state index in [2.05, 4.69) is 11.9 Å². The molecule has 0 saturated heterocycles. The molecule has 7 nitrogen and oxygen atoms in total. The van der Waals surface area contributed by atoms with Crippen LogP contribution >= 0.6 is 11.6 Å². The summed E-state index contributed by atoms with van der Waals surface area (Å²) < 4.78 is 6.41. The average molecular weight is 436 g/mol. The topological polar surface area (TPSA) is 81.5 Å². The number of benzene rings is 1. The van der Waals surface area contributed by atoms with Crippen LogP contribution in [-0.4, -0.2) is 39.5 Å². The second-order valence-corrected chi connectivity index (χ2v) is 7.71. The second kappa shape index (κ2) is 11.1. The fraction of sp³-hybridized carbons (Fsp3) is 0.545. The van der Waals surface area contributed by atoms with Gasteiger partial charge >= 0.3 is 5.97 Å². The zero-order valence-corrected chi connectivity index (χ0v) is 18.9. The zero-order valence-electron chi connectivity index (χ0n) is 18.1. The molecule has 0 aliphatic carbocycles. The van der Waals surface area contributed by atoms with Crippen molar-refractivity contribution in [1.29, 1.82) is 0 Å². The van der Waals surface area contributed by atoms with Gasteiger partial charge in [0.15, 0.2) is 0 Å². The average Bonchev–Trinajstić information content (AvgIpc) is 2.71. The summed E-state index contributed by atoms with van der Waals surface area (Å²) in [7, 11) is 1.66. The molecule has 1 aromatic carbocycles. The van der Waals surface area contributed by atoms with Crippen molar-refractivity contribution in [1.82, 2.24) is 14.5 Å². The van der Waals surface area contributed by atoms with Gasteiger partial charge in [0.2, 0.25) is 5.91 Å². The van der Waals surface area contributed by atoms with Crippen molar-refractivity contribution in [2.45, 2.75) is 58.9 Å². The molecule has 164 valence electrons. The lowest BCUT2D eigenvalue weighted by Crippen LogP contribution is -2.38. The highest BCUT2D eigenvalue weighted by Gasteiger charge is 2.25. The summed E-state index contributed by atoms with van der Waals surface area (Å²) in [5, 5.41) is 0.969. The molecule has 1 unspecified atom stereocenters. The zero-order chi connectivity index (χ0) is 22.3. The summed E-state index contributed by atoms with van der Waals surface area (Å²) in [6.45, 7) is 6.49. The molecule has 2 aromatic rings. The molecule has 0 bridgehead atoms. The van der Waals surface area contributed by atoms with Gasteiger partial charge in [-0.05, 0) is 38.5 Å². The number of fused-ring (bicyclic) bond motifs is 1. The van der Waals surface area contributed by atoms with Crippen LogP contribution in [0.25, 0.3) is 10.9 Å². The van der Waals surface area contributed by atoms with Gasteiger partial charge in [-0.1, -0.05) is 31.4 Å². The fourth-order valence-corrected chi connectivity index (χ4v) is 3.59. The minimum absolute atomic E-state index is 0.0311. The van der Waals surface area contributed by atoms with Crippen molar-refractivity contribution >= 4 is 34.4 Å². The molecule has 1 aromatic heterocycles. The smallest absolute Gasteiger partial charge is 0.306 e. The lowest BCUT2D eigenvalue weighted by molar-refractivity contribution is -0.146. The highest BCUT2D eigenvalue weighted by atomic mass is 35.5. The maximum Gasteiger partial charge on any atom is 0.306 e. The number of carbonyl (C=O) groups excluding carboxylic acids is 2. The van der Waals surface area contributed by atoms with Gasteiger partial charge in [0.25, 0.3) is 5.56 Å². The maximum atomic E-state index is 13.0. The van der Waals surface area contributed by atoms with Crippen LogP contribution in [0.2, 0.25) is 5.02 Å². The number of carbonyl (C=O) groups is 2. The first kappa shape index (κ1) is 23.9. The molecule has 1 heterocycles. The largest absolute Gasteiger partial charge is 0.466 e. The number of rotatable bonds is 10. The van der Waals surface area contributed by atoms with Crippen molar-refractivity contribution in [2.75, 3.05) is 13.2 Å². The van der Waals surface area contributed by atoms with Gasteiger partial charge in [-0.15, -0.1) is 0 Å². The Balaban J connectivity index is 2.35.